The number of halogens is 1. The summed E-state index contributed by atoms with van der Waals surface area (Å²) in [7, 11) is 0. The summed E-state index contributed by atoms with van der Waals surface area (Å²) in [6.07, 6.45) is 12.1. The van der Waals surface area contributed by atoms with E-state index in [9.17, 15) is 9.60 Å². The Morgan fingerprint density at radius 1 is 0.852 bits per heavy atom. The number of hydrogen-bond acceptors (Lipinski definition) is 4. The Kier molecular flexibility index (Phi) is 7.93. The second-order valence-electron chi connectivity index (χ2n) is 7.95. The smallest absolute Gasteiger partial charge is 0.146 e. The summed E-state index contributed by atoms with van der Waals surface area (Å²) in [6.45, 7) is 3.41. The number of rotatable bonds is 2. The molecule has 1 heterocycles. The van der Waals surface area contributed by atoms with Gasteiger partial charge in [0.15, 0.2) is 0 Å². The second-order valence-corrected chi connectivity index (χ2v) is 7.95. The van der Waals surface area contributed by atoms with E-state index >= 15 is 0 Å². The third-order valence-corrected chi connectivity index (χ3v) is 6.12. The van der Waals surface area contributed by atoms with E-state index < -0.39 is 0 Å². The number of oxime groups is 1. The average molecular weight is 376 g/mol. The quantitative estimate of drug-likeness (QED) is 0.580. The van der Waals surface area contributed by atoms with E-state index in [4.69, 9.17) is 0 Å². The average Bonchev–Trinajstić information content (AvgIpc) is 2.69. The van der Waals surface area contributed by atoms with Crippen LogP contribution >= 0.6 is 0 Å². The molecular formula is C22H34FN3O. The fraction of sp³-hybridized carbons (Fsp3) is 0.682. The van der Waals surface area contributed by atoms with Crippen LogP contribution in [0, 0.1) is 5.82 Å². The molecule has 0 radical (unpaired) electrons. The fourth-order valence-corrected chi connectivity index (χ4v) is 4.53. The third-order valence-electron chi connectivity index (χ3n) is 6.12. The van der Waals surface area contributed by atoms with Gasteiger partial charge in [-0.25, -0.2) is 4.39 Å². The van der Waals surface area contributed by atoms with Gasteiger partial charge in [0.25, 0.3) is 0 Å². The Balaban J connectivity index is 1.62. The lowest BCUT2D eigenvalue weighted by molar-refractivity contribution is 0.207. The zero-order chi connectivity index (χ0) is 18.9. The molecule has 1 aromatic carbocycles. The molecule has 0 spiro atoms. The predicted octanol–water partition coefficient (Wildman–Crippen LogP) is 5.06. The Labute approximate surface area is 163 Å². The van der Waals surface area contributed by atoms with Crippen molar-refractivity contribution in [2.45, 2.75) is 70.3 Å². The third kappa shape index (κ3) is 5.68. The van der Waals surface area contributed by atoms with E-state index in [1.165, 1.54) is 51.0 Å². The van der Waals surface area contributed by atoms with Crippen LogP contribution in [0.3, 0.4) is 0 Å². The molecule has 0 bridgehead atoms. The van der Waals surface area contributed by atoms with Crippen molar-refractivity contribution in [1.29, 1.82) is 0 Å². The number of anilines is 1. The van der Waals surface area contributed by atoms with Crippen LogP contribution in [0.4, 0.5) is 10.1 Å². The minimum Gasteiger partial charge on any atom is -0.411 e. The zero-order valence-electron chi connectivity index (χ0n) is 16.5. The van der Waals surface area contributed by atoms with Crippen LogP contribution in [0.25, 0.3) is 0 Å². The van der Waals surface area contributed by atoms with E-state index in [0.717, 1.165) is 51.2 Å². The summed E-state index contributed by atoms with van der Waals surface area (Å²) in [5, 5.41) is 13.4. The first-order chi connectivity index (χ1) is 13.3. The van der Waals surface area contributed by atoms with Crippen molar-refractivity contribution in [2.24, 2.45) is 5.16 Å². The van der Waals surface area contributed by atoms with Gasteiger partial charge >= 0.3 is 0 Å². The minimum absolute atomic E-state index is 0.144. The van der Waals surface area contributed by atoms with Crippen molar-refractivity contribution in [3.63, 3.8) is 0 Å². The molecule has 1 aromatic rings. The fourth-order valence-electron chi connectivity index (χ4n) is 4.53. The van der Waals surface area contributed by atoms with Crippen LogP contribution in [-0.2, 0) is 0 Å². The van der Waals surface area contributed by atoms with Crippen LogP contribution in [0.5, 0.6) is 0 Å². The number of nitrogens with zero attached hydrogens (tertiary/aromatic N) is 3. The molecule has 150 valence electrons. The maximum absolute atomic E-state index is 14.1. The summed E-state index contributed by atoms with van der Waals surface area (Å²) >= 11 is 0. The summed E-state index contributed by atoms with van der Waals surface area (Å²) in [6, 6.07) is 7.27. The van der Waals surface area contributed by atoms with Gasteiger partial charge in [0.05, 0.1) is 17.4 Å². The lowest BCUT2D eigenvalue weighted by atomic mass is 9.95. The van der Waals surface area contributed by atoms with Gasteiger partial charge in [-0.15, -0.1) is 0 Å². The van der Waals surface area contributed by atoms with Gasteiger partial charge in [-0.3, -0.25) is 4.90 Å². The predicted molar refractivity (Wildman–Crippen MR) is 109 cm³/mol. The molecule has 1 saturated carbocycles. The maximum Gasteiger partial charge on any atom is 0.146 e. The molecule has 0 unspecified atom stereocenters. The maximum atomic E-state index is 14.1. The summed E-state index contributed by atoms with van der Waals surface area (Å²) in [5.74, 6) is -0.144. The first-order valence-corrected chi connectivity index (χ1v) is 10.7. The van der Waals surface area contributed by atoms with Crippen molar-refractivity contribution in [2.75, 3.05) is 31.1 Å². The van der Waals surface area contributed by atoms with Crippen LogP contribution in [-0.4, -0.2) is 48.0 Å². The van der Waals surface area contributed by atoms with Gasteiger partial charge in [0.2, 0.25) is 0 Å². The molecule has 0 amide bonds. The van der Waals surface area contributed by atoms with E-state index in [0.29, 0.717) is 5.69 Å². The number of piperazine rings is 1. The lowest BCUT2D eigenvalue weighted by Crippen LogP contribution is -2.53. The second kappa shape index (κ2) is 10.6. The van der Waals surface area contributed by atoms with E-state index in [-0.39, 0.29) is 11.9 Å². The topological polar surface area (TPSA) is 39.1 Å². The highest BCUT2D eigenvalue weighted by Crippen LogP contribution is 2.24. The van der Waals surface area contributed by atoms with Crippen LogP contribution < -0.4 is 4.90 Å². The van der Waals surface area contributed by atoms with Gasteiger partial charge in [0, 0.05) is 26.2 Å². The van der Waals surface area contributed by atoms with Crippen molar-refractivity contribution >= 4 is 11.4 Å². The van der Waals surface area contributed by atoms with Crippen molar-refractivity contribution in [1.82, 2.24) is 4.90 Å². The molecule has 1 saturated heterocycles. The molecule has 2 aliphatic rings. The van der Waals surface area contributed by atoms with Crippen molar-refractivity contribution in [3.8, 4) is 0 Å². The number of benzene rings is 1. The molecule has 1 aliphatic carbocycles. The van der Waals surface area contributed by atoms with Crippen LogP contribution in [0.1, 0.15) is 64.2 Å². The highest BCUT2D eigenvalue weighted by Gasteiger charge is 2.28. The Bertz CT molecular complexity index is 599. The summed E-state index contributed by atoms with van der Waals surface area (Å²) in [4.78, 5) is 4.59. The standard InChI is InChI=1S/C22H34FN3O/c23-19-11-9-10-13-21(19)25-15-17-26(18-16-25)22-14-8-6-4-2-1-3-5-7-12-20(22)24-27/h9-11,13,22,27H,1-8,12,14-18H2/b24-20+/t22-/m0/s1. The number of para-hydroxylation sites is 1. The molecule has 3 rings (SSSR count). The normalized spacial score (nSPS) is 25.7. The highest BCUT2D eigenvalue weighted by molar-refractivity contribution is 5.89. The zero-order valence-corrected chi connectivity index (χ0v) is 16.5. The van der Waals surface area contributed by atoms with Gasteiger partial charge in [-0.1, -0.05) is 62.2 Å². The van der Waals surface area contributed by atoms with Crippen LogP contribution in [0.15, 0.2) is 29.4 Å². The first kappa shape index (κ1) is 20.1. The molecule has 2 fully saturated rings. The van der Waals surface area contributed by atoms with Crippen LogP contribution in [0.2, 0.25) is 0 Å². The summed E-state index contributed by atoms with van der Waals surface area (Å²) < 4.78 is 14.1. The summed E-state index contributed by atoms with van der Waals surface area (Å²) in [5.41, 5.74) is 1.65. The minimum atomic E-state index is -0.144. The van der Waals surface area contributed by atoms with Gasteiger partial charge in [-0.2, -0.15) is 0 Å². The van der Waals surface area contributed by atoms with E-state index in [2.05, 4.69) is 15.0 Å². The molecule has 1 atom stereocenters. The Morgan fingerprint density at radius 2 is 1.48 bits per heavy atom. The molecule has 4 nitrogen and oxygen atoms in total. The SMILES string of the molecule is O/N=C1\CCCCCCCCCC[C@@H]1N1CCN(c2ccccc2F)CC1. The molecule has 5 heteroatoms. The molecular weight excluding hydrogens is 341 g/mol. The largest absolute Gasteiger partial charge is 0.411 e. The van der Waals surface area contributed by atoms with Crippen molar-refractivity contribution < 1.29 is 9.60 Å². The Hall–Kier alpha value is -1.62. The van der Waals surface area contributed by atoms with E-state index in [1.807, 2.05) is 12.1 Å². The van der Waals surface area contributed by atoms with Gasteiger partial charge in [0.1, 0.15) is 5.82 Å². The van der Waals surface area contributed by atoms with Gasteiger partial charge < -0.3 is 10.1 Å². The van der Waals surface area contributed by atoms with Crippen molar-refractivity contribution in [3.05, 3.63) is 30.1 Å². The molecule has 27 heavy (non-hydrogen) atoms. The number of hydrogen-bond donors (Lipinski definition) is 1. The Morgan fingerprint density at radius 3 is 2.15 bits per heavy atom. The van der Waals surface area contributed by atoms with E-state index in [1.54, 1.807) is 6.07 Å². The lowest BCUT2D eigenvalue weighted by Gasteiger charge is -2.40. The highest BCUT2D eigenvalue weighted by atomic mass is 19.1. The first-order valence-electron chi connectivity index (χ1n) is 10.7. The monoisotopic (exact) mass is 375 g/mol. The molecule has 0 aromatic heterocycles. The molecule has 1 N–H and O–H groups in total. The molecule has 1 aliphatic heterocycles. The van der Waals surface area contributed by atoms with Gasteiger partial charge in [-0.05, 0) is 31.4 Å².